The zero-order valence-corrected chi connectivity index (χ0v) is 17.2. The summed E-state index contributed by atoms with van der Waals surface area (Å²) in [6.45, 7) is 5.26. The van der Waals surface area contributed by atoms with E-state index in [0.717, 1.165) is 62.3 Å². The van der Waals surface area contributed by atoms with Crippen LogP contribution in [0.25, 0.3) is 0 Å². The molecule has 1 aromatic rings. The predicted octanol–water partition coefficient (Wildman–Crippen LogP) is 0.0549. The highest BCUT2D eigenvalue weighted by atomic mass is 16.2. The monoisotopic (exact) mass is 411 g/mol. The van der Waals surface area contributed by atoms with Crippen LogP contribution in [0.1, 0.15) is 47.2 Å². The van der Waals surface area contributed by atoms with Gasteiger partial charge < -0.3 is 10.6 Å². The summed E-state index contributed by atoms with van der Waals surface area (Å²) in [6.07, 6.45) is 2.95. The number of likely N-dealkylation sites (tertiary alicyclic amines) is 2. The van der Waals surface area contributed by atoms with Crippen molar-refractivity contribution in [3.05, 3.63) is 34.9 Å². The second-order valence-corrected chi connectivity index (χ2v) is 9.07. The average molecular weight is 412 g/mol. The lowest BCUT2D eigenvalue weighted by Crippen LogP contribution is -2.61. The summed E-state index contributed by atoms with van der Waals surface area (Å²) in [5, 5.41) is 2.37. The number of amides is 3. The summed E-state index contributed by atoms with van der Waals surface area (Å²) < 4.78 is 0. The normalized spacial score (nSPS) is 26.6. The zero-order valence-electron chi connectivity index (χ0n) is 17.2. The number of carbonyl (C=O) groups excluding carboxylic acids is 3. The average Bonchev–Trinajstić information content (AvgIpc) is 3.04. The fourth-order valence-electron chi connectivity index (χ4n) is 5.35. The van der Waals surface area contributed by atoms with E-state index in [2.05, 4.69) is 15.1 Å². The molecule has 160 valence electrons. The van der Waals surface area contributed by atoms with Crippen LogP contribution in [0.2, 0.25) is 0 Å². The topological polar surface area (TPSA) is 99.0 Å². The molecule has 0 radical (unpaired) electrons. The second kappa shape index (κ2) is 7.76. The van der Waals surface area contributed by atoms with Crippen LogP contribution < -0.4 is 11.1 Å². The Kier molecular flexibility index (Phi) is 5.08. The first-order chi connectivity index (χ1) is 14.5. The fraction of sp³-hybridized carbons (Fsp3) is 0.591. The molecule has 4 aliphatic heterocycles. The van der Waals surface area contributed by atoms with Crippen molar-refractivity contribution >= 4 is 17.7 Å². The van der Waals surface area contributed by atoms with Crippen molar-refractivity contribution < 1.29 is 14.4 Å². The lowest BCUT2D eigenvalue weighted by Gasteiger charge is -2.46. The van der Waals surface area contributed by atoms with Crippen molar-refractivity contribution in [3.63, 3.8) is 0 Å². The number of benzene rings is 1. The van der Waals surface area contributed by atoms with Gasteiger partial charge in [-0.2, -0.15) is 0 Å². The maximum atomic E-state index is 13.2. The summed E-state index contributed by atoms with van der Waals surface area (Å²) >= 11 is 0. The van der Waals surface area contributed by atoms with Gasteiger partial charge in [-0.25, -0.2) is 0 Å². The molecule has 1 aromatic carbocycles. The number of imide groups is 1. The van der Waals surface area contributed by atoms with Crippen LogP contribution >= 0.6 is 0 Å². The summed E-state index contributed by atoms with van der Waals surface area (Å²) in [5.41, 5.74) is 8.69. The molecule has 0 aromatic heterocycles. The number of hydrogen-bond donors (Lipinski definition) is 2. The van der Waals surface area contributed by atoms with Gasteiger partial charge in [0.1, 0.15) is 6.04 Å². The molecule has 3 fully saturated rings. The number of carbonyl (C=O) groups is 3. The van der Waals surface area contributed by atoms with Gasteiger partial charge in [-0.15, -0.1) is 0 Å². The maximum Gasteiger partial charge on any atom is 0.255 e. The molecule has 3 saturated heterocycles. The molecule has 4 heterocycles. The second-order valence-electron chi connectivity index (χ2n) is 9.07. The molecule has 0 saturated carbocycles. The zero-order chi connectivity index (χ0) is 20.8. The van der Waals surface area contributed by atoms with Gasteiger partial charge in [0.2, 0.25) is 11.8 Å². The summed E-state index contributed by atoms with van der Waals surface area (Å²) in [7, 11) is 0. The Morgan fingerprint density at radius 1 is 1.07 bits per heavy atom. The van der Waals surface area contributed by atoms with E-state index in [0.29, 0.717) is 25.0 Å². The molecule has 0 aliphatic carbocycles. The molecular formula is C22H29N5O3. The van der Waals surface area contributed by atoms with Crippen LogP contribution in [0.15, 0.2) is 18.2 Å². The third-order valence-electron chi connectivity index (χ3n) is 7.04. The Morgan fingerprint density at radius 3 is 2.53 bits per heavy atom. The molecule has 1 unspecified atom stereocenters. The Labute approximate surface area is 176 Å². The summed E-state index contributed by atoms with van der Waals surface area (Å²) in [6, 6.07) is 6.42. The molecule has 5 rings (SSSR count). The molecule has 8 heteroatoms. The van der Waals surface area contributed by atoms with Gasteiger partial charge in [0.05, 0.1) is 0 Å². The SMILES string of the molecule is NC1CN(C2CCN(Cc3cccc4c3C(=O)N(C3CCC(=O)NC3=O)C4)CC2)C1. The van der Waals surface area contributed by atoms with Crippen molar-refractivity contribution in [1.29, 1.82) is 0 Å². The standard InChI is InChI=1S/C22H29N5O3/c23-16-12-26(13-16)17-6-8-25(9-7-17)10-14-2-1-3-15-11-27(22(30)20(14)15)18-4-5-19(28)24-21(18)29/h1-3,16-18H,4-13,23H2,(H,24,28,29). The molecule has 0 bridgehead atoms. The van der Waals surface area contributed by atoms with E-state index in [1.165, 1.54) is 0 Å². The quantitative estimate of drug-likeness (QED) is 0.680. The van der Waals surface area contributed by atoms with E-state index >= 15 is 0 Å². The minimum Gasteiger partial charge on any atom is -0.325 e. The summed E-state index contributed by atoms with van der Waals surface area (Å²) in [4.78, 5) is 43.5. The third-order valence-corrected chi connectivity index (χ3v) is 7.04. The molecular weight excluding hydrogens is 382 g/mol. The van der Waals surface area contributed by atoms with E-state index in [1.807, 2.05) is 18.2 Å². The number of piperidine rings is 2. The molecule has 4 aliphatic rings. The molecule has 3 amide bonds. The highest BCUT2D eigenvalue weighted by molar-refractivity contribution is 6.05. The van der Waals surface area contributed by atoms with Crippen LogP contribution in [0.3, 0.4) is 0 Å². The van der Waals surface area contributed by atoms with Gasteiger partial charge in [-0.3, -0.25) is 29.5 Å². The third kappa shape index (κ3) is 3.53. The first-order valence-corrected chi connectivity index (χ1v) is 11.0. The molecule has 1 atom stereocenters. The number of nitrogens with two attached hydrogens (primary N) is 1. The first kappa shape index (κ1) is 19.7. The number of rotatable bonds is 4. The van der Waals surface area contributed by atoms with Gasteiger partial charge in [0, 0.05) is 50.2 Å². The lowest BCUT2D eigenvalue weighted by molar-refractivity contribution is -0.136. The van der Waals surface area contributed by atoms with Crippen LogP contribution in [-0.4, -0.2) is 76.7 Å². The largest absolute Gasteiger partial charge is 0.325 e. The van der Waals surface area contributed by atoms with Crippen molar-refractivity contribution in [1.82, 2.24) is 20.0 Å². The van der Waals surface area contributed by atoms with Crippen LogP contribution in [-0.2, 0) is 22.7 Å². The van der Waals surface area contributed by atoms with Crippen molar-refractivity contribution in [3.8, 4) is 0 Å². The number of hydrogen-bond acceptors (Lipinski definition) is 6. The van der Waals surface area contributed by atoms with Crippen LogP contribution in [0.5, 0.6) is 0 Å². The first-order valence-electron chi connectivity index (χ1n) is 11.0. The molecule has 30 heavy (non-hydrogen) atoms. The van der Waals surface area contributed by atoms with Gasteiger partial charge in [0.15, 0.2) is 0 Å². The van der Waals surface area contributed by atoms with E-state index in [9.17, 15) is 14.4 Å². The van der Waals surface area contributed by atoms with Crippen molar-refractivity contribution in [2.75, 3.05) is 26.2 Å². The fourth-order valence-corrected chi connectivity index (χ4v) is 5.35. The summed E-state index contributed by atoms with van der Waals surface area (Å²) in [5.74, 6) is -0.703. The van der Waals surface area contributed by atoms with Crippen molar-refractivity contribution in [2.24, 2.45) is 5.73 Å². The van der Waals surface area contributed by atoms with Crippen LogP contribution in [0.4, 0.5) is 0 Å². The van der Waals surface area contributed by atoms with E-state index in [4.69, 9.17) is 5.73 Å². The predicted molar refractivity (Wildman–Crippen MR) is 110 cm³/mol. The Hall–Kier alpha value is -2.29. The minimum atomic E-state index is -0.561. The highest BCUT2D eigenvalue weighted by Crippen LogP contribution is 2.31. The van der Waals surface area contributed by atoms with Gasteiger partial charge >= 0.3 is 0 Å². The number of nitrogens with zero attached hydrogens (tertiary/aromatic N) is 3. The molecule has 8 nitrogen and oxygen atoms in total. The van der Waals surface area contributed by atoms with Gasteiger partial charge in [-0.05, 0) is 43.5 Å². The minimum absolute atomic E-state index is 0.0837. The molecule has 0 spiro atoms. The van der Waals surface area contributed by atoms with Crippen molar-refractivity contribution in [2.45, 2.75) is 56.9 Å². The van der Waals surface area contributed by atoms with Crippen LogP contribution in [0, 0.1) is 0 Å². The van der Waals surface area contributed by atoms with Gasteiger partial charge in [-0.1, -0.05) is 18.2 Å². The Bertz CT molecular complexity index is 874. The number of nitrogens with one attached hydrogen (secondary N) is 1. The molecule has 3 N–H and O–H groups in total. The van der Waals surface area contributed by atoms with Gasteiger partial charge in [0.25, 0.3) is 5.91 Å². The highest BCUT2D eigenvalue weighted by Gasteiger charge is 2.40. The van der Waals surface area contributed by atoms with E-state index < -0.39 is 6.04 Å². The lowest BCUT2D eigenvalue weighted by atomic mass is 9.96. The van der Waals surface area contributed by atoms with E-state index in [1.54, 1.807) is 4.90 Å². The van der Waals surface area contributed by atoms with E-state index in [-0.39, 0.29) is 24.1 Å². The maximum absolute atomic E-state index is 13.2. The Morgan fingerprint density at radius 2 is 1.83 bits per heavy atom. The Balaban J connectivity index is 1.25. The number of fused-ring (bicyclic) bond motifs is 1. The smallest absolute Gasteiger partial charge is 0.255 e.